The lowest BCUT2D eigenvalue weighted by atomic mass is 9.95. The Bertz CT molecular complexity index is 613. The molecule has 0 heterocycles. The second-order valence-corrected chi connectivity index (χ2v) is 5.42. The Morgan fingerprint density at radius 1 is 1.00 bits per heavy atom. The van der Waals surface area contributed by atoms with Crippen LogP contribution >= 0.6 is 15.9 Å². The van der Waals surface area contributed by atoms with Gasteiger partial charge in [-0.15, -0.1) is 0 Å². The predicted octanol–water partition coefficient (Wildman–Crippen LogP) is 3.82. The summed E-state index contributed by atoms with van der Waals surface area (Å²) in [5.74, 6) is 1.48. The normalized spacial score (nSPS) is 12.1. The lowest BCUT2D eigenvalue weighted by Gasteiger charge is -2.19. The molecule has 0 saturated heterocycles. The van der Waals surface area contributed by atoms with E-state index in [1.54, 1.807) is 14.2 Å². The van der Waals surface area contributed by atoms with Gasteiger partial charge in [-0.2, -0.15) is 0 Å². The summed E-state index contributed by atoms with van der Waals surface area (Å²) in [6.07, 6.45) is 0. The highest BCUT2D eigenvalue weighted by Gasteiger charge is 2.18. The van der Waals surface area contributed by atoms with Crippen molar-refractivity contribution in [2.45, 2.75) is 13.0 Å². The van der Waals surface area contributed by atoms with E-state index >= 15 is 0 Å². The molecule has 0 aliphatic heterocycles. The Kier molecular flexibility index (Phi) is 4.68. The minimum Gasteiger partial charge on any atom is -0.496 e. The lowest BCUT2D eigenvalue weighted by molar-refractivity contribution is 0.395. The van der Waals surface area contributed by atoms with Gasteiger partial charge in [-0.3, -0.25) is 0 Å². The molecule has 2 rings (SSSR count). The minimum atomic E-state index is -0.256. The van der Waals surface area contributed by atoms with E-state index in [9.17, 15) is 0 Å². The van der Waals surface area contributed by atoms with Crippen molar-refractivity contribution in [3.05, 3.63) is 57.6 Å². The molecule has 3 nitrogen and oxygen atoms in total. The summed E-state index contributed by atoms with van der Waals surface area (Å²) in [4.78, 5) is 0. The van der Waals surface area contributed by atoms with Gasteiger partial charge in [-0.1, -0.05) is 24.3 Å². The Labute approximate surface area is 127 Å². The fourth-order valence-electron chi connectivity index (χ4n) is 2.23. The first-order chi connectivity index (χ1) is 9.58. The molecular formula is C16H18BrNO2. The average Bonchev–Trinajstić information content (AvgIpc) is 2.46. The number of hydrogen-bond acceptors (Lipinski definition) is 3. The minimum absolute atomic E-state index is 0.256. The van der Waals surface area contributed by atoms with E-state index in [1.807, 2.05) is 30.3 Å². The van der Waals surface area contributed by atoms with E-state index in [2.05, 4.69) is 28.9 Å². The first kappa shape index (κ1) is 14.9. The molecule has 0 radical (unpaired) electrons. The molecular weight excluding hydrogens is 318 g/mol. The number of aryl methyl sites for hydroxylation is 1. The van der Waals surface area contributed by atoms with Crippen LogP contribution in [0.25, 0.3) is 0 Å². The monoisotopic (exact) mass is 335 g/mol. The Balaban J connectivity index is 2.53. The fraction of sp³-hybridized carbons (Fsp3) is 0.250. The molecule has 0 aliphatic rings. The van der Waals surface area contributed by atoms with Gasteiger partial charge in [0.15, 0.2) is 0 Å². The van der Waals surface area contributed by atoms with E-state index in [1.165, 1.54) is 0 Å². The van der Waals surface area contributed by atoms with E-state index in [-0.39, 0.29) is 6.04 Å². The Morgan fingerprint density at radius 3 is 2.25 bits per heavy atom. The molecule has 0 saturated carbocycles. The van der Waals surface area contributed by atoms with Crippen molar-refractivity contribution in [1.82, 2.24) is 0 Å². The van der Waals surface area contributed by atoms with Crippen LogP contribution in [0.3, 0.4) is 0 Å². The number of hydrogen-bond donors (Lipinski definition) is 1. The molecule has 0 fully saturated rings. The molecule has 1 atom stereocenters. The van der Waals surface area contributed by atoms with Crippen LogP contribution in [-0.4, -0.2) is 14.2 Å². The maximum Gasteiger partial charge on any atom is 0.133 e. The second-order valence-electron chi connectivity index (χ2n) is 4.56. The van der Waals surface area contributed by atoms with Gasteiger partial charge in [0.1, 0.15) is 11.5 Å². The summed E-state index contributed by atoms with van der Waals surface area (Å²) in [5, 5.41) is 0. The quantitative estimate of drug-likeness (QED) is 0.923. The molecule has 20 heavy (non-hydrogen) atoms. The van der Waals surface area contributed by atoms with E-state index < -0.39 is 0 Å². The van der Waals surface area contributed by atoms with E-state index in [0.717, 1.165) is 32.7 Å². The SMILES string of the molecule is COc1cc(C(N)c2ccccc2C)c(OC)cc1Br. The zero-order chi connectivity index (χ0) is 14.7. The maximum absolute atomic E-state index is 6.42. The highest BCUT2D eigenvalue weighted by molar-refractivity contribution is 9.10. The zero-order valence-electron chi connectivity index (χ0n) is 11.8. The van der Waals surface area contributed by atoms with Crippen molar-refractivity contribution in [1.29, 1.82) is 0 Å². The molecule has 0 aromatic heterocycles. The van der Waals surface area contributed by atoms with Crippen molar-refractivity contribution in [3.8, 4) is 11.5 Å². The van der Waals surface area contributed by atoms with Crippen molar-refractivity contribution in [2.24, 2.45) is 5.73 Å². The summed E-state index contributed by atoms with van der Waals surface area (Å²) in [6.45, 7) is 2.05. The topological polar surface area (TPSA) is 44.5 Å². The van der Waals surface area contributed by atoms with Crippen LogP contribution in [0.15, 0.2) is 40.9 Å². The third kappa shape index (κ3) is 2.81. The largest absolute Gasteiger partial charge is 0.496 e. The van der Waals surface area contributed by atoms with Gasteiger partial charge in [0.05, 0.1) is 24.7 Å². The van der Waals surface area contributed by atoms with Crippen LogP contribution in [0.2, 0.25) is 0 Å². The maximum atomic E-state index is 6.42. The van der Waals surface area contributed by atoms with Gasteiger partial charge < -0.3 is 15.2 Å². The van der Waals surface area contributed by atoms with Crippen molar-refractivity contribution in [3.63, 3.8) is 0 Å². The molecule has 0 bridgehead atoms. The summed E-state index contributed by atoms with van der Waals surface area (Å²) >= 11 is 3.46. The van der Waals surface area contributed by atoms with Crippen molar-refractivity contribution >= 4 is 15.9 Å². The smallest absolute Gasteiger partial charge is 0.133 e. The van der Waals surface area contributed by atoms with Gasteiger partial charge in [0, 0.05) is 5.56 Å². The summed E-state index contributed by atoms with van der Waals surface area (Å²) < 4.78 is 11.6. The molecule has 2 N–H and O–H groups in total. The summed E-state index contributed by atoms with van der Waals surface area (Å²) in [5.41, 5.74) is 9.56. The Hall–Kier alpha value is -1.52. The second kappa shape index (κ2) is 6.29. The van der Waals surface area contributed by atoms with Crippen LogP contribution in [0.4, 0.5) is 0 Å². The fourth-order valence-corrected chi connectivity index (χ4v) is 2.71. The van der Waals surface area contributed by atoms with Gasteiger partial charge in [-0.25, -0.2) is 0 Å². The Morgan fingerprint density at radius 2 is 1.65 bits per heavy atom. The summed E-state index contributed by atoms with van der Waals surface area (Å²) in [6, 6.07) is 11.6. The number of ether oxygens (including phenoxy) is 2. The number of halogens is 1. The van der Waals surface area contributed by atoms with Gasteiger partial charge in [0.2, 0.25) is 0 Å². The van der Waals surface area contributed by atoms with Crippen LogP contribution in [0.1, 0.15) is 22.7 Å². The van der Waals surface area contributed by atoms with Crippen molar-refractivity contribution in [2.75, 3.05) is 14.2 Å². The number of rotatable bonds is 4. The molecule has 1 unspecified atom stereocenters. The average molecular weight is 336 g/mol. The lowest BCUT2D eigenvalue weighted by Crippen LogP contribution is -2.14. The zero-order valence-corrected chi connectivity index (χ0v) is 13.4. The van der Waals surface area contributed by atoms with E-state index in [4.69, 9.17) is 15.2 Å². The van der Waals surface area contributed by atoms with E-state index in [0.29, 0.717) is 0 Å². The molecule has 0 aliphatic carbocycles. The number of methoxy groups -OCH3 is 2. The molecule has 4 heteroatoms. The van der Waals surface area contributed by atoms with Gasteiger partial charge in [-0.05, 0) is 46.1 Å². The number of nitrogens with two attached hydrogens (primary N) is 1. The first-order valence-corrected chi connectivity index (χ1v) is 7.10. The third-order valence-corrected chi connectivity index (χ3v) is 3.98. The molecule has 106 valence electrons. The van der Waals surface area contributed by atoms with Crippen LogP contribution in [-0.2, 0) is 0 Å². The third-order valence-electron chi connectivity index (χ3n) is 3.36. The predicted molar refractivity (Wildman–Crippen MR) is 84.5 cm³/mol. The van der Waals surface area contributed by atoms with Gasteiger partial charge in [0.25, 0.3) is 0 Å². The number of benzene rings is 2. The molecule has 2 aromatic carbocycles. The molecule has 2 aromatic rings. The first-order valence-electron chi connectivity index (χ1n) is 6.31. The van der Waals surface area contributed by atoms with Crippen LogP contribution in [0, 0.1) is 6.92 Å². The van der Waals surface area contributed by atoms with Crippen LogP contribution < -0.4 is 15.2 Å². The standard InChI is InChI=1S/C16H18BrNO2/c1-10-6-4-5-7-11(10)16(18)12-8-15(20-3)13(17)9-14(12)19-2/h4-9,16H,18H2,1-3H3. The highest BCUT2D eigenvalue weighted by Crippen LogP contribution is 2.37. The van der Waals surface area contributed by atoms with Gasteiger partial charge >= 0.3 is 0 Å². The van der Waals surface area contributed by atoms with Crippen LogP contribution in [0.5, 0.6) is 11.5 Å². The van der Waals surface area contributed by atoms with Crippen molar-refractivity contribution < 1.29 is 9.47 Å². The summed E-state index contributed by atoms with van der Waals surface area (Å²) in [7, 11) is 3.28. The molecule has 0 spiro atoms. The molecule has 0 amide bonds. The highest BCUT2D eigenvalue weighted by atomic mass is 79.9.